The first-order valence-electron chi connectivity index (χ1n) is 10.0. The van der Waals surface area contributed by atoms with E-state index in [-0.39, 0.29) is 36.3 Å². The van der Waals surface area contributed by atoms with Crippen LogP contribution in [0.25, 0.3) is 0 Å². The van der Waals surface area contributed by atoms with Crippen molar-refractivity contribution >= 4 is 17.4 Å². The Hall–Kier alpha value is -3.69. The molecule has 31 heavy (non-hydrogen) atoms. The minimum absolute atomic E-state index is 0.0552. The summed E-state index contributed by atoms with van der Waals surface area (Å²) in [5.74, 6) is 0.871. The van der Waals surface area contributed by atoms with Crippen molar-refractivity contribution in [2.75, 3.05) is 17.7 Å². The normalized spacial score (nSPS) is 11.1. The van der Waals surface area contributed by atoms with Gasteiger partial charge in [0.15, 0.2) is 11.5 Å². The molecule has 0 bridgehead atoms. The molecule has 10 nitrogen and oxygen atoms in total. The van der Waals surface area contributed by atoms with Crippen molar-refractivity contribution in [2.24, 2.45) is 0 Å². The summed E-state index contributed by atoms with van der Waals surface area (Å²) in [7, 11) is 1.46. The van der Waals surface area contributed by atoms with Gasteiger partial charge in [-0.05, 0) is 12.0 Å². The van der Waals surface area contributed by atoms with Gasteiger partial charge >= 0.3 is 5.69 Å². The van der Waals surface area contributed by atoms with Gasteiger partial charge in [0.05, 0.1) is 6.54 Å². The number of anilines is 2. The predicted octanol–water partition coefficient (Wildman–Crippen LogP) is 1.66. The van der Waals surface area contributed by atoms with E-state index in [4.69, 9.17) is 10.3 Å². The van der Waals surface area contributed by atoms with Gasteiger partial charge in [-0.3, -0.25) is 19.1 Å². The molecule has 0 saturated heterocycles. The largest absolute Gasteiger partial charge is 0.383 e. The number of nitrogens with zero attached hydrogens (tertiary/aromatic N) is 4. The lowest BCUT2D eigenvalue weighted by molar-refractivity contribution is -0.118. The summed E-state index contributed by atoms with van der Waals surface area (Å²) in [6.45, 7) is 4.10. The Balaban J connectivity index is 1.73. The average Bonchev–Trinajstić information content (AvgIpc) is 3.21. The lowest BCUT2D eigenvalue weighted by atomic mass is 10.2. The van der Waals surface area contributed by atoms with E-state index in [0.29, 0.717) is 24.6 Å². The van der Waals surface area contributed by atoms with Gasteiger partial charge in [0.2, 0.25) is 11.8 Å². The topological polar surface area (TPSA) is 140 Å². The first kappa shape index (κ1) is 22.0. The number of carbonyl (C=O) groups is 1. The quantitative estimate of drug-likeness (QED) is 0.558. The summed E-state index contributed by atoms with van der Waals surface area (Å²) in [5.41, 5.74) is 5.58. The highest BCUT2D eigenvalue weighted by atomic mass is 16.5. The Kier molecular flexibility index (Phi) is 6.68. The number of carbonyl (C=O) groups excluding carboxylic acids is 1. The molecule has 0 spiro atoms. The fraction of sp³-hybridized carbons (Fsp3) is 0.381. The van der Waals surface area contributed by atoms with Gasteiger partial charge in [-0.15, -0.1) is 0 Å². The van der Waals surface area contributed by atoms with Gasteiger partial charge in [-0.2, -0.15) is 4.98 Å². The Bertz CT molecular complexity index is 1160. The van der Waals surface area contributed by atoms with E-state index in [1.807, 2.05) is 44.2 Å². The number of aryl methyl sites for hydroxylation is 1. The van der Waals surface area contributed by atoms with E-state index >= 15 is 0 Å². The molecule has 0 fully saturated rings. The van der Waals surface area contributed by atoms with Gasteiger partial charge in [-0.1, -0.05) is 49.3 Å². The van der Waals surface area contributed by atoms with E-state index in [0.717, 1.165) is 5.56 Å². The molecule has 0 aliphatic heterocycles. The van der Waals surface area contributed by atoms with Crippen molar-refractivity contribution in [3.8, 4) is 0 Å². The molecule has 164 valence electrons. The summed E-state index contributed by atoms with van der Waals surface area (Å²) in [5, 5.41) is 3.90. The third kappa shape index (κ3) is 5.08. The summed E-state index contributed by atoms with van der Waals surface area (Å²) < 4.78 is 6.42. The molecule has 1 amide bonds. The third-order valence-electron chi connectivity index (χ3n) is 4.89. The Labute approximate surface area is 178 Å². The van der Waals surface area contributed by atoms with Gasteiger partial charge in [0, 0.05) is 25.8 Å². The standard InChI is InChI=1S/C21H26N6O4/c1-13(2)19-23-15(31-25-19)10-7-11-16(28)26(3)17-18(22)27(21(30)24-20(17)29)12-14-8-5-4-6-9-14/h4-6,8-9,13H,7,10-12,22H2,1-3H3,(H,24,29,30). The minimum atomic E-state index is -0.707. The Morgan fingerprint density at radius 1 is 1.26 bits per heavy atom. The first-order valence-corrected chi connectivity index (χ1v) is 10.0. The zero-order valence-corrected chi connectivity index (χ0v) is 17.8. The molecule has 0 unspecified atom stereocenters. The molecule has 3 aromatic rings. The van der Waals surface area contributed by atoms with E-state index < -0.39 is 11.2 Å². The third-order valence-corrected chi connectivity index (χ3v) is 4.89. The van der Waals surface area contributed by atoms with Crippen molar-refractivity contribution < 1.29 is 9.32 Å². The van der Waals surface area contributed by atoms with E-state index in [1.54, 1.807) is 0 Å². The van der Waals surface area contributed by atoms with Crippen molar-refractivity contribution in [1.29, 1.82) is 0 Å². The molecule has 0 radical (unpaired) electrons. The van der Waals surface area contributed by atoms with Crippen LogP contribution < -0.4 is 21.9 Å². The van der Waals surface area contributed by atoms with E-state index in [2.05, 4.69) is 15.1 Å². The van der Waals surface area contributed by atoms with Crippen molar-refractivity contribution in [1.82, 2.24) is 19.7 Å². The molecule has 1 aromatic carbocycles. The number of nitrogens with two attached hydrogens (primary N) is 1. The number of H-pyrrole nitrogens is 1. The molecule has 0 aliphatic rings. The highest BCUT2D eigenvalue weighted by Gasteiger charge is 2.21. The fourth-order valence-corrected chi connectivity index (χ4v) is 3.11. The predicted molar refractivity (Wildman–Crippen MR) is 116 cm³/mol. The molecule has 0 atom stereocenters. The SMILES string of the molecule is CC(C)c1noc(CCCC(=O)N(C)c2c(N)n(Cc3ccccc3)c(=O)[nH]c2=O)n1. The first-order chi connectivity index (χ1) is 14.8. The average molecular weight is 426 g/mol. The maximum absolute atomic E-state index is 12.7. The maximum Gasteiger partial charge on any atom is 0.330 e. The van der Waals surface area contributed by atoms with E-state index in [1.165, 1.54) is 16.5 Å². The Morgan fingerprint density at radius 3 is 2.61 bits per heavy atom. The molecule has 0 saturated carbocycles. The van der Waals surface area contributed by atoms with Crippen molar-refractivity contribution in [2.45, 2.75) is 45.6 Å². The molecule has 0 aliphatic carbocycles. The van der Waals surface area contributed by atoms with Crippen LogP contribution in [0.4, 0.5) is 11.5 Å². The fourth-order valence-electron chi connectivity index (χ4n) is 3.11. The zero-order valence-electron chi connectivity index (χ0n) is 17.8. The number of aromatic nitrogens is 4. The zero-order chi connectivity index (χ0) is 22.5. The van der Waals surface area contributed by atoms with Gasteiger partial charge in [0.25, 0.3) is 5.56 Å². The molecule has 3 rings (SSSR count). The van der Waals surface area contributed by atoms with Crippen LogP contribution in [-0.2, 0) is 17.8 Å². The maximum atomic E-state index is 12.7. The summed E-state index contributed by atoms with van der Waals surface area (Å²) in [4.78, 5) is 45.1. The molecular weight excluding hydrogens is 400 g/mol. The van der Waals surface area contributed by atoms with Crippen molar-refractivity contribution in [3.63, 3.8) is 0 Å². The monoisotopic (exact) mass is 426 g/mol. The lowest BCUT2D eigenvalue weighted by Gasteiger charge is -2.20. The van der Waals surface area contributed by atoms with Crippen LogP contribution in [0.5, 0.6) is 0 Å². The van der Waals surface area contributed by atoms with Crippen LogP contribution in [-0.4, -0.2) is 32.6 Å². The highest BCUT2D eigenvalue weighted by Crippen LogP contribution is 2.18. The summed E-state index contributed by atoms with van der Waals surface area (Å²) in [6, 6.07) is 9.22. The number of rotatable bonds is 8. The number of nitrogens with one attached hydrogen (secondary N) is 1. The van der Waals surface area contributed by atoms with Crippen LogP contribution in [0, 0.1) is 0 Å². The number of aromatic amines is 1. The number of hydrogen-bond acceptors (Lipinski definition) is 7. The van der Waals surface area contributed by atoms with Crippen molar-refractivity contribution in [3.05, 3.63) is 68.4 Å². The molecule has 2 heterocycles. The summed E-state index contributed by atoms with van der Waals surface area (Å²) in [6.07, 6.45) is 1.05. The van der Waals surface area contributed by atoms with E-state index in [9.17, 15) is 14.4 Å². The van der Waals surface area contributed by atoms with Gasteiger partial charge in [0.1, 0.15) is 5.82 Å². The molecule has 10 heteroatoms. The highest BCUT2D eigenvalue weighted by molar-refractivity contribution is 5.94. The van der Waals surface area contributed by atoms with Gasteiger partial charge in [-0.25, -0.2) is 4.79 Å². The molecule has 3 N–H and O–H groups in total. The molecule has 2 aromatic heterocycles. The van der Waals surface area contributed by atoms with Gasteiger partial charge < -0.3 is 15.2 Å². The second kappa shape index (κ2) is 9.41. The second-order valence-electron chi connectivity index (χ2n) is 7.57. The smallest absolute Gasteiger partial charge is 0.330 e. The number of amides is 1. The van der Waals surface area contributed by atoms with Crippen LogP contribution in [0.3, 0.4) is 0 Å². The number of nitrogen functional groups attached to an aromatic ring is 1. The van der Waals surface area contributed by atoms with Crippen LogP contribution in [0.15, 0.2) is 44.4 Å². The Morgan fingerprint density at radius 2 is 1.97 bits per heavy atom. The second-order valence-corrected chi connectivity index (χ2v) is 7.57. The lowest BCUT2D eigenvalue weighted by Crippen LogP contribution is -2.39. The van der Waals surface area contributed by atoms with Crippen LogP contribution >= 0.6 is 0 Å². The number of benzene rings is 1. The minimum Gasteiger partial charge on any atom is -0.383 e. The van der Waals surface area contributed by atoms with Crippen LogP contribution in [0.1, 0.15) is 49.9 Å². The number of hydrogen-bond donors (Lipinski definition) is 2. The molecular formula is C21H26N6O4. The van der Waals surface area contributed by atoms with Crippen LogP contribution in [0.2, 0.25) is 0 Å². The summed E-state index contributed by atoms with van der Waals surface area (Å²) >= 11 is 0.